The van der Waals surface area contributed by atoms with E-state index in [0.717, 1.165) is 41.3 Å². The van der Waals surface area contributed by atoms with E-state index >= 15 is 0 Å². The summed E-state index contributed by atoms with van der Waals surface area (Å²) in [5.74, 6) is 1.73. The maximum absolute atomic E-state index is 5.29. The van der Waals surface area contributed by atoms with Crippen molar-refractivity contribution in [3.8, 4) is 17.1 Å². The zero-order chi connectivity index (χ0) is 14.9. The third-order valence-corrected chi connectivity index (χ3v) is 4.28. The number of fused-ring (bicyclic) bond motifs is 1. The van der Waals surface area contributed by atoms with Crippen molar-refractivity contribution in [3.05, 3.63) is 42.5 Å². The fourth-order valence-corrected chi connectivity index (χ4v) is 3.08. The van der Waals surface area contributed by atoms with Crippen LogP contribution in [-0.4, -0.2) is 30.2 Å². The van der Waals surface area contributed by atoms with E-state index in [2.05, 4.69) is 28.1 Å². The van der Waals surface area contributed by atoms with Gasteiger partial charge in [0, 0.05) is 24.3 Å². The van der Waals surface area contributed by atoms with Crippen LogP contribution in [0.15, 0.2) is 42.5 Å². The van der Waals surface area contributed by atoms with Crippen LogP contribution in [0.4, 0.5) is 5.69 Å². The first kappa shape index (κ1) is 13.2. The van der Waals surface area contributed by atoms with Crippen molar-refractivity contribution in [3.63, 3.8) is 0 Å². The van der Waals surface area contributed by atoms with Crippen molar-refractivity contribution in [1.82, 2.24) is 9.97 Å². The van der Waals surface area contributed by atoms with E-state index in [-0.39, 0.29) is 0 Å². The maximum Gasteiger partial charge on any atom is 0.138 e. The van der Waals surface area contributed by atoms with Gasteiger partial charge >= 0.3 is 0 Å². The Balaban J connectivity index is 1.73. The number of nitrogens with one attached hydrogen (secondary N) is 1. The molecule has 3 aromatic rings. The van der Waals surface area contributed by atoms with Crippen LogP contribution >= 0.6 is 0 Å². The molecule has 0 bridgehead atoms. The Morgan fingerprint density at radius 3 is 2.77 bits per heavy atom. The molecule has 0 atom stereocenters. The second-order valence-corrected chi connectivity index (χ2v) is 5.71. The third kappa shape index (κ3) is 2.30. The Morgan fingerprint density at radius 1 is 1.09 bits per heavy atom. The summed E-state index contributed by atoms with van der Waals surface area (Å²) in [7, 11) is 1.68. The fraction of sp³-hybridized carbons (Fsp3) is 0.278. The molecule has 0 unspecified atom stereocenters. The van der Waals surface area contributed by atoms with Crippen molar-refractivity contribution < 1.29 is 4.74 Å². The number of benzene rings is 2. The van der Waals surface area contributed by atoms with Gasteiger partial charge in [0.1, 0.15) is 11.6 Å². The Kier molecular flexibility index (Phi) is 3.22. The molecule has 1 saturated heterocycles. The van der Waals surface area contributed by atoms with Crippen LogP contribution in [0.3, 0.4) is 0 Å². The molecular formula is C18H19N3O. The van der Waals surface area contributed by atoms with Crippen LogP contribution < -0.4 is 9.64 Å². The lowest BCUT2D eigenvalue weighted by Gasteiger charge is -2.17. The summed E-state index contributed by atoms with van der Waals surface area (Å²) in [5.41, 5.74) is 4.41. The van der Waals surface area contributed by atoms with Crippen molar-refractivity contribution >= 4 is 16.7 Å². The zero-order valence-electron chi connectivity index (χ0n) is 12.7. The van der Waals surface area contributed by atoms with Crippen LogP contribution in [0, 0.1) is 0 Å². The average molecular weight is 293 g/mol. The molecule has 2 heterocycles. The smallest absolute Gasteiger partial charge is 0.138 e. The molecule has 1 N–H and O–H groups in total. The number of H-pyrrole nitrogens is 1. The van der Waals surface area contributed by atoms with Crippen LogP contribution in [0.2, 0.25) is 0 Å². The molecule has 0 saturated carbocycles. The summed E-state index contributed by atoms with van der Waals surface area (Å²) < 4.78 is 5.29. The molecule has 0 spiro atoms. The molecule has 22 heavy (non-hydrogen) atoms. The first-order chi connectivity index (χ1) is 10.8. The van der Waals surface area contributed by atoms with Crippen LogP contribution in [-0.2, 0) is 0 Å². The van der Waals surface area contributed by atoms with Crippen LogP contribution in [0.1, 0.15) is 12.8 Å². The standard InChI is InChI=1S/C18H19N3O/c1-22-15-6-4-5-13(11-15)18-19-16-8-7-14(12-17(16)20-18)21-9-2-3-10-21/h4-8,11-12H,2-3,9-10H2,1H3,(H,19,20). The van der Waals surface area contributed by atoms with E-state index in [0.29, 0.717) is 0 Å². The Hall–Kier alpha value is -2.49. The number of hydrogen-bond donors (Lipinski definition) is 1. The highest BCUT2D eigenvalue weighted by Gasteiger charge is 2.14. The lowest BCUT2D eigenvalue weighted by atomic mass is 10.2. The van der Waals surface area contributed by atoms with Crippen molar-refractivity contribution in [2.24, 2.45) is 0 Å². The van der Waals surface area contributed by atoms with Gasteiger partial charge in [-0.05, 0) is 43.2 Å². The van der Waals surface area contributed by atoms with E-state index in [1.165, 1.54) is 18.5 Å². The van der Waals surface area contributed by atoms with E-state index < -0.39 is 0 Å². The molecule has 4 heteroatoms. The van der Waals surface area contributed by atoms with Gasteiger partial charge < -0.3 is 14.6 Å². The van der Waals surface area contributed by atoms with Gasteiger partial charge in [-0.15, -0.1) is 0 Å². The average Bonchev–Trinajstić information content (AvgIpc) is 3.23. The van der Waals surface area contributed by atoms with E-state index in [9.17, 15) is 0 Å². The molecule has 1 aliphatic rings. The number of ether oxygens (including phenoxy) is 1. The van der Waals surface area contributed by atoms with Crippen molar-refractivity contribution in [1.29, 1.82) is 0 Å². The minimum absolute atomic E-state index is 0.843. The summed E-state index contributed by atoms with van der Waals surface area (Å²) in [6, 6.07) is 14.4. The topological polar surface area (TPSA) is 41.1 Å². The predicted octanol–water partition coefficient (Wildman–Crippen LogP) is 3.84. The van der Waals surface area contributed by atoms with Gasteiger partial charge in [-0.3, -0.25) is 0 Å². The SMILES string of the molecule is COc1cccc(-c2nc3ccc(N4CCCC4)cc3[nH]2)c1. The molecule has 4 nitrogen and oxygen atoms in total. The number of nitrogens with zero attached hydrogens (tertiary/aromatic N) is 2. The summed E-state index contributed by atoms with van der Waals surface area (Å²) in [6.45, 7) is 2.31. The molecule has 1 aliphatic heterocycles. The number of anilines is 1. The highest BCUT2D eigenvalue weighted by atomic mass is 16.5. The molecule has 0 aliphatic carbocycles. The number of aromatic amines is 1. The van der Waals surface area contributed by atoms with Gasteiger partial charge in [-0.1, -0.05) is 12.1 Å². The normalized spacial score (nSPS) is 14.7. The monoisotopic (exact) mass is 293 g/mol. The minimum atomic E-state index is 0.843. The molecule has 4 rings (SSSR count). The lowest BCUT2D eigenvalue weighted by molar-refractivity contribution is 0.415. The van der Waals surface area contributed by atoms with Gasteiger partial charge in [0.2, 0.25) is 0 Å². The minimum Gasteiger partial charge on any atom is -0.497 e. The predicted molar refractivity (Wildman–Crippen MR) is 89.5 cm³/mol. The molecule has 0 amide bonds. The van der Waals surface area contributed by atoms with Crippen LogP contribution in [0.25, 0.3) is 22.4 Å². The van der Waals surface area contributed by atoms with E-state index in [1.807, 2.05) is 24.3 Å². The number of methoxy groups -OCH3 is 1. The van der Waals surface area contributed by atoms with Gasteiger partial charge in [-0.2, -0.15) is 0 Å². The number of aromatic nitrogens is 2. The van der Waals surface area contributed by atoms with E-state index in [4.69, 9.17) is 9.72 Å². The summed E-state index contributed by atoms with van der Waals surface area (Å²) in [6.07, 6.45) is 2.58. The van der Waals surface area contributed by atoms with E-state index in [1.54, 1.807) is 7.11 Å². The highest BCUT2D eigenvalue weighted by molar-refractivity contribution is 5.83. The molecule has 112 valence electrons. The number of hydrogen-bond acceptors (Lipinski definition) is 3. The highest BCUT2D eigenvalue weighted by Crippen LogP contribution is 2.27. The first-order valence-corrected chi connectivity index (χ1v) is 7.73. The second-order valence-electron chi connectivity index (χ2n) is 5.71. The molecule has 0 radical (unpaired) electrons. The Bertz CT molecular complexity index is 803. The Labute approximate surface area is 129 Å². The summed E-state index contributed by atoms with van der Waals surface area (Å²) >= 11 is 0. The lowest BCUT2D eigenvalue weighted by Crippen LogP contribution is -2.17. The molecular weight excluding hydrogens is 274 g/mol. The summed E-state index contributed by atoms with van der Waals surface area (Å²) in [4.78, 5) is 10.6. The van der Waals surface area contributed by atoms with Crippen molar-refractivity contribution in [2.45, 2.75) is 12.8 Å². The second kappa shape index (κ2) is 5.37. The van der Waals surface area contributed by atoms with Gasteiger partial charge in [0.25, 0.3) is 0 Å². The summed E-state index contributed by atoms with van der Waals surface area (Å²) in [5, 5.41) is 0. The van der Waals surface area contributed by atoms with Gasteiger partial charge in [0.15, 0.2) is 0 Å². The van der Waals surface area contributed by atoms with Gasteiger partial charge in [0.05, 0.1) is 18.1 Å². The fourth-order valence-electron chi connectivity index (χ4n) is 3.08. The quantitative estimate of drug-likeness (QED) is 0.797. The largest absolute Gasteiger partial charge is 0.497 e. The van der Waals surface area contributed by atoms with Gasteiger partial charge in [-0.25, -0.2) is 4.98 Å². The molecule has 1 fully saturated rings. The first-order valence-electron chi connectivity index (χ1n) is 7.73. The number of rotatable bonds is 3. The Morgan fingerprint density at radius 2 is 1.95 bits per heavy atom. The maximum atomic E-state index is 5.29. The molecule has 2 aromatic carbocycles. The van der Waals surface area contributed by atoms with Crippen LogP contribution in [0.5, 0.6) is 5.75 Å². The van der Waals surface area contributed by atoms with Crippen molar-refractivity contribution in [2.75, 3.05) is 25.1 Å². The zero-order valence-corrected chi connectivity index (χ0v) is 12.7. The molecule has 1 aromatic heterocycles. The third-order valence-electron chi connectivity index (χ3n) is 4.28. The number of imidazole rings is 1.